The number of ketones is 2. The van der Waals surface area contributed by atoms with Crippen LogP contribution in [0.25, 0.3) is 22.0 Å². The maximum absolute atomic E-state index is 15.5. The molecule has 2 aromatic heterocycles. The summed E-state index contributed by atoms with van der Waals surface area (Å²) in [5.41, 5.74) is 1.51. The summed E-state index contributed by atoms with van der Waals surface area (Å²) in [5.74, 6) is -3.50. The molecule has 6 rings (SSSR count). The minimum absolute atomic E-state index is 0.0926. The first kappa shape index (κ1) is 31.5. The summed E-state index contributed by atoms with van der Waals surface area (Å²) < 4.78 is 38.3. The van der Waals surface area contributed by atoms with E-state index < -0.39 is 29.7 Å². The van der Waals surface area contributed by atoms with E-state index in [9.17, 15) is 18.8 Å². The number of amides is 1. The third kappa shape index (κ3) is 6.43. The topological polar surface area (TPSA) is 103 Å². The van der Waals surface area contributed by atoms with Crippen LogP contribution in [0.4, 0.5) is 14.5 Å². The van der Waals surface area contributed by atoms with Gasteiger partial charge in [-0.3, -0.25) is 14.4 Å². The van der Waals surface area contributed by atoms with E-state index in [4.69, 9.17) is 16.3 Å². The van der Waals surface area contributed by atoms with E-state index in [1.165, 1.54) is 25.4 Å². The van der Waals surface area contributed by atoms with Gasteiger partial charge in [-0.15, -0.1) is 0 Å². The Labute approximate surface area is 275 Å². The molecule has 1 aliphatic rings. The van der Waals surface area contributed by atoms with Crippen molar-refractivity contribution in [3.8, 4) is 22.9 Å². The lowest BCUT2D eigenvalue weighted by atomic mass is 9.90. The van der Waals surface area contributed by atoms with Crippen LogP contribution in [-0.4, -0.2) is 38.2 Å². The van der Waals surface area contributed by atoms with Gasteiger partial charge in [-0.25, -0.2) is 18.7 Å². The Morgan fingerprint density at radius 1 is 1.02 bits per heavy atom. The van der Waals surface area contributed by atoms with E-state index in [-0.39, 0.29) is 48.2 Å². The van der Waals surface area contributed by atoms with Gasteiger partial charge >= 0.3 is 6.01 Å². The fraction of sp³-hybridized carbons (Fsp3) is 0.206. The van der Waals surface area contributed by atoms with Crippen LogP contribution in [-0.2, 0) is 16.1 Å². The summed E-state index contributed by atoms with van der Waals surface area (Å²) in [5, 5.41) is 3.47. The molecule has 8 nitrogen and oxygen atoms in total. The number of hydrogen-bond acceptors (Lipinski definition) is 6. The Bertz CT molecular complexity index is 1980. The SMILES string of the molecule is CC(=O)c1cn(CC(=O)C2C[C@H](F)C[C@H]2C(=O)Nc2cccc(-c3ccccc3Cl)c2F)c2ccc(Oc3ncc(Br)cn3)cc12. The van der Waals surface area contributed by atoms with Crippen molar-refractivity contribution in [2.45, 2.75) is 32.5 Å². The van der Waals surface area contributed by atoms with Crippen LogP contribution in [0.1, 0.15) is 30.1 Å². The van der Waals surface area contributed by atoms with E-state index in [0.29, 0.717) is 37.3 Å². The predicted molar refractivity (Wildman–Crippen MR) is 173 cm³/mol. The first-order chi connectivity index (χ1) is 22.1. The number of benzene rings is 3. The lowest BCUT2D eigenvalue weighted by molar-refractivity contribution is -0.130. The number of aromatic nitrogens is 3. The van der Waals surface area contributed by atoms with Gasteiger partial charge in [-0.05, 0) is 66.0 Å². The highest BCUT2D eigenvalue weighted by atomic mass is 79.9. The summed E-state index contributed by atoms with van der Waals surface area (Å²) in [6.07, 6.45) is 2.96. The fourth-order valence-electron chi connectivity index (χ4n) is 5.86. The number of halogens is 4. The molecule has 1 amide bonds. The number of rotatable bonds is 9. The number of nitrogens with zero attached hydrogens (tertiary/aromatic N) is 3. The highest BCUT2D eigenvalue weighted by molar-refractivity contribution is 9.10. The molecule has 1 unspecified atom stereocenters. The maximum atomic E-state index is 15.5. The molecule has 12 heteroatoms. The summed E-state index contributed by atoms with van der Waals surface area (Å²) in [6.45, 7) is 1.22. The zero-order valence-corrected chi connectivity index (χ0v) is 26.7. The van der Waals surface area contributed by atoms with Gasteiger partial charge < -0.3 is 14.6 Å². The Hall–Kier alpha value is -4.48. The van der Waals surface area contributed by atoms with Gasteiger partial charge in [0.1, 0.15) is 11.9 Å². The van der Waals surface area contributed by atoms with Gasteiger partial charge in [0.2, 0.25) is 5.91 Å². The van der Waals surface area contributed by atoms with Crippen molar-refractivity contribution in [1.82, 2.24) is 14.5 Å². The number of Topliss-reactive ketones (excluding diaryl/α,β-unsaturated/α-hetero) is 2. The molecule has 0 radical (unpaired) electrons. The Kier molecular flexibility index (Phi) is 8.97. The average Bonchev–Trinajstić information content (AvgIpc) is 3.60. The number of fused-ring (bicyclic) bond motifs is 1. The monoisotopic (exact) mass is 706 g/mol. The molecule has 0 spiro atoms. The van der Waals surface area contributed by atoms with Crippen molar-refractivity contribution in [3.63, 3.8) is 0 Å². The summed E-state index contributed by atoms with van der Waals surface area (Å²) in [6, 6.07) is 16.4. The molecule has 3 atom stereocenters. The van der Waals surface area contributed by atoms with Gasteiger partial charge in [0.15, 0.2) is 17.4 Å². The van der Waals surface area contributed by atoms with Gasteiger partial charge in [0, 0.05) is 57.1 Å². The lowest BCUT2D eigenvalue weighted by Gasteiger charge is -2.19. The molecular formula is C34H26BrClF2N4O4. The van der Waals surface area contributed by atoms with Crippen LogP contribution < -0.4 is 10.1 Å². The molecule has 46 heavy (non-hydrogen) atoms. The van der Waals surface area contributed by atoms with E-state index in [1.807, 2.05) is 0 Å². The minimum Gasteiger partial charge on any atom is -0.424 e. The van der Waals surface area contributed by atoms with E-state index in [2.05, 4.69) is 31.2 Å². The number of carbonyl (C=O) groups excluding carboxylic acids is 3. The van der Waals surface area contributed by atoms with Crippen LogP contribution >= 0.6 is 27.5 Å². The van der Waals surface area contributed by atoms with Crippen molar-refractivity contribution in [3.05, 3.63) is 100 Å². The van der Waals surface area contributed by atoms with E-state index in [1.54, 1.807) is 65.4 Å². The van der Waals surface area contributed by atoms with Crippen molar-refractivity contribution in [2.24, 2.45) is 11.8 Å². The number of alkyl halides is 1. The molecule has 0 bridgehead atoms. The first-order valence-electron chi connectivity index (χ1n) is 14.4. The number of nitrogens with one attached hydrogen (secondary N) is 1. The van der Waals surface area contributed by atoms with E-state index in [0.717, 1.165) is 0 Å². The summed E-state index contributed by atoms with van der Waals surface area (Å²) >= 11 is 9.53. The summed E-state index contributed by atoms with van der Waals surface area (Å²) in [7, 11) is 0. The fourth-order valence-corrected chi connectivity index (χ4v) is 6.30. The minimum atomic E-state index is -1.38. The van der Waals surface area contributed by atoms with Crippen molar-refractivity contribution >= 4 is 61.6 Å². The maximum Gasteiger partial charge on any atom is 0.321 e. The van der Waals surface area contributed by atoms with Gasteiger partial charge in [-0.2, -0.15) is 0 Å². The largest absolute Gasteiger partial charge is 0.424 e. The number of carbonyl (C=O) groups is 3. The third-order valence-electron chi connectivity index (χ3n) is 8.04. The molecule has 5 aromatic rings. The molecule has 1 saturated carbocycles. The Morgan fingerprint density at radius 3 is 2.48 bits per heavy atom. The van der Waals surface area contributed by atoms with Gasteiger partial charge in [0.25, 0.3) is 0 Å². The smallest absolute Gasteiger partial charge is 0.321 e. The van der Waals surface area contributed by atoms with Crippen LogP contribution in [0.2, 0.25) is 5.02 Å². The molecule has 0 saturated heterocycles. The quantitative estimate of drug-likeness (QED) is 0.155. The predicted octanol–water partition coefficient (Wildman–Crippen LogP) is 8.22. The first-order valence-corrected chi connectivity index (χ1v) is 15.6. The van der Waals surface area contributed by atoms with Crippen LogP contribution in [0.3, 0.4) is 0 Å². The highest BCUT2D eigenvalue weighted by Crippen LogP contribution is 2.38. The molecular weight excluding hydrogens is 682 g/mol. The molecule has 0 aliphatic heterocycles. The van der Waals surface area contributed by atoms with Crippen LogP contribution in [0.15, 0.2) is 83.7 Å². The molecule has 2 heterocycles. The molecule has 1 fully saturated rings. The van der Waals surface area contributed by atoms with E-state index >= 15 is 4.39 Å². The summed E-state index contributed by atoms with van der Waals surface area (Å²) in [4.78, 5) is 47.8. The molecule has 3 aromatic carbocycles. The molecule has 234 valence electrons. The molecule has 1 N–H and O–H groups in total. The third-order valence-corrected chi connectivity index (χ3v) is 8.78. The lowest BCUT2D eigenvalue weighted by Crippen LogP contribution is -2.32. The second-order valence-corrected chi connectivity index (χ2v) is 12.4. The highest BCUT2D eigenvalue weighted by Gasteiger charge is 2.43. The van der Waals surface area contributed by atoms with Crippen LogP contribution in [0, 0.1) is 17.7 Å². The van der Waals surface area contributed by atoms with Crippen molar-refractivity contribution in [1.29, 1.82) is 0 Å². The van der Waals surface area contributed by atoms with Gasteiger partial charge in [0.05, 0.1) is 22.6 Å². The molecule has 1 aliphatic carbocycles. The van der Waals surface area contributed by atoms with Gasteiger partial charge in [-0.1, -0.05) is 41.9 Å². The zero-order valence-electron chi connectivity index (χ0n) is 24.3. The number of anilines is 1. The van der Waals surface area contributed by atoms with Crippen LogP contribution in [0.5, 0.6) is 11.8 Å². The average molecular weight is 708 g/mol. The normalized spacial score (nSPS) is 17.6. The van der Waals surface area contributed by atoms with Crippen molar-refractivity contribution < 1.29 is 27.9 Å². The van der Waals surface area contributed by atoms with Crippen molar-refractivity contribution in [2.75, 3.05) is 5.32 Å². The zero-order chi connectivity index (χ0) is 32.5. The number of hydrogen-bond donors (Lipinski definition) is 1. The number of ether oxygens (including phenoxy) is 1. The second kappa shape index (κ2) is 13.1. The Balaban J connectivity index is 1.22. The second-order valence-electron chi connectivity index (χ2n) is 11.1. The Morgan fingerprint density at radius 2 is 1.74 bits per heavy atom. The standard InChI is InChI=1S/C34H26BrClF2N4O4/c1-18(43)27-16-42(30-10-9-21(13-24(27)30)46-34-39-14-19(35)15-40-34)17-31(44)25-11-20(37)12-26(25)33(45)41-29-8-4-6-23(32(29)38)22-5-2-3-7-28(22)36/h2-10,13-16,20,25-26H,11-12,17H2,1H3,(H,41,45)/t20-,25?,26+/m0/s1.